The summed E-state index contributed by atoms with van der Waals surface area (Å²) >= 11 is 0. The summed E-state index contributed by atoms with van der Waals surface area (Å²) in [7, 11) is 0. The van der Waals surface area contributed by atoms with Gasteiger partial charge in [0.05, 0.1) is 0 Å². The number of carbonyl (C=O) groups is 1. The summed E-state index contributed by atoms with van der Waals surface area (Å²) in [4.78, 5) is 15.1. The molecule has 0 bridgehead atoms. The third-order valence-corrected chi connectivity index (χ3v) is 1.65. The Morgan fingerprint density at radius 1 is 1.38 bits per heavy atom. The number of nitrogens with two attached hydrogens (primary N) is 1. The Morgan fingerprint density at radius 2 is 2.00 bits per heavy atom. The van der Waals surface area contributed by atoms with Gasteiger partial charge in [-0.3, -0.25) is 4.79 Å². The second-order valence-corrected chi connectivity index (χ2v) is 2.87. The molecule has 0 unspecified atom stereocenters. The van der Waals surface area contributed by atoms with Crippen LogP contribution in [0.5, 0.6) is 0 Å². The van der Waals surface area contributed by atoms with E-state index in [1.807, 2.05) is 25.1 Å². The molecule has 0 saturated carbocycles. The molecule has 2 N–H and O–H groups in total. The maximum Gasteiger partial charge on any atom is 0.278 e. The van der Waals surface area contributed by atoms with Crippen LogP contribution < -0.4 is 5.73 Å². The van der Waals surface area contributed by atoms with Crippen LogP contribution in [0.25, 0.3) is 0 Å². The monoisotopic (exact) mass is 176 g/mol. The molecule has 0 fully saturated rings. The van der Waals surface area contributed by atoms with Crippen molar-refractivity contribution in [3.05, 3.63) is 35.4 Å². The molecule has 0 spiro atoms. The van der Waals surface area contributed by atoms with Crippen LogP contribution >= 0.6 is 0 Å². The van der Waals surface area contributed by atoms with Gasteiger partial charge < -0.3 is 5.73 Å². The lowest BCUT2D eigenvalue weighted by Gasteiger charge is -1.99. The molecule has 1 aromatic carbocycles. The molecule has 3 nitrogen and oxygen atoms in total. The number of aliphatic imine (C=N–C) groups is 1. The number of amidine groups is 1. The highest BCUT2D eigenvalue weighted by molar-refractivity contribution is 6.03. The molecule has 3 heteroatoms. The fourth-order valence-electron chi connectivity index (χ4n) is 1.03. The Morgan fingerprint density at radius 3 is 2.54 bits per heavy atom. The van der Waals surface area contributed by atoms with E-state index in [9.17, 15) is 4.79 Å². The van der Waals surface area contributed by atoms with Crippen LogP contribution in [0.2, 0.25) is 0 Å². The molecule has 0 radical (unpaired) electrons. The summed E-state index contributed by atoms with van der Waals surface area (Å²) in [6, 6.07) is 7.30. The number of carbonyl (C=O) groups excluding carboxylic acids is 1. The van der Waals surface area contributed by atoms with Crippen molar-refractivity contribution in [2.45, 2.75) is 13.8 Å². The van der Waals surface area contributed by atoms with Crippen LogP contribution in [0, 0.1) is 6.92 Å². The number of amides is 1. The summed E-state index contributed by atoms with van der Waals surface area (Å²) in [5.41, 5.74) is 6.83. The van der Waals surface area contributed by atoms with Crippen molar-refractivity contribution in [3.63, 3.8) is 0 Å². The summed E-state index contributed by atoms with van der Waals surface area (Å²) < 4.78 is 0. The van der Waals surface area contributed by atoms with Crippen LogP contribution in [0.1, 0.15) is 22.8 Å². The minimum atomic E-state index is -0.280. The molecule has 0 saturated heterocycles. The summed E-state index contributed by atoms with van der Waals surface area (Å²) in [5, 5.41) is 0. The van der Waals surface area contributed by atoms with Gasteiger partial charge in [-0.25, -0.2) is 0 Å². The van der Waals surface area contributed by atoms with E-state index < -0.39 is 0 Å². The summed E-state index contributed by atoms with van der Waals surface area (Å²) in [6.07, 6.45) is 0. The van der Waals surface area contributed by atoms with Crippen LogP contribution in [0.3, 0.4) is 0 Å². The predicted molar refractivity (Wildman–Crippen MR) is 52.8 cm³/mol. The molecule has 1 aromatic rings. The van der Waals surface area contributed by atoms with Gasteiger partial charge in [0.2, 0.25) is 0 Å². The smallest absolute Gasteiger partial charge is 0.278 e. The van der Waals surface area contributed by atoms with Crippen molar-refractivity contribution in [2.75, 3.05) is 0 Å². The van der Waals surface area contributed by atoms with Gasteiger partial charge in [0.25, 0.3) is 5.91 Å². The third-order valence-electron chi connectivity index (χ3n) is 1.65. The maximum atomic E-state index is 11.4. The molecular formula is C10H12N2O. The van der Waals surface area contributed by atoms with Gasteiger partial charge in [-0.1, -0.05) is 18.2 Å². The van der Waals surface area contributed by atoms with E-state index in [1.165, 1.54) is 0 Å². The zero-order valence-corrected chi connectivity index (χ0v) is 7.74. The Labute approximate surface area is 77.3 Å². The van der Waals surface area contributed by atoms with Gasteiger partial charge in [-0.15, -0.1) is 0 Å². The van der Waals surface area contributed by atoms with Gasteiger partial charge in [0, 0.05) is 5.56 Å². The molecule has 0 aliphatic rings. The average Bonchev–Trinajstić information content (AvgIpc) is 2.03. The first-order valence-electron chi connectivity index (χ1n) is 4.02. The van der Waals surface area contributed by atoms with E-state index in [0.717, 1.165) is 5.56 Å². The molecule has 1 amide bonds. The third kappa shape index (κ3) is 2.40. The number of hydrogen-bond acceptors (Lipinski definition) is 1. The highest BCUT2D eigenvalue weighted by Crippen LogP contribution is 2.07. The summed E-state index contributed by atoms with van der Waals surface area (Å²) in [6.45, 7) is 3.46. The van der Waals surface area contributed by atoms with Crippen molar-refractivity contribution in [1.29, 1.82) is 0 Å². The summed E-state index contributed by atoms with van der Waals surface area (Å²) in [5.74, 6) is 0.00588. The largest absolute Gasteiger partial charge is 0.387 e. The first kappa shape index (κ1) is 9.45. The standard InChI is InChI=1S/C10H12N2O/c1-7-5-3-4-6-9(7)10(13)12-8(2)11/h3-6H,1-2H3,(H2,11,12,13). The van der Waals surface area contributed by atoms with E-state index >= 15 is 0 Å². The van der Waals surface area contributed by atoms with Crippen LogP contribution in [0.4, 0.5) is 0 Å². The lowest BCUT2D eigenvalue weighted by Crippen LogP contribution is -2.09. The van der Waals surface area contributed by atoms with E-state index in [4.69, 9.17) is 5.73 Å². The second-order valence-electron chi connectivity index (χ2n) is 2.87. The quantitative estimate of drug-likeness (QED) is 0.521. The normalized spacial score (nSPS) is 11.4. The van der Waals surface area contributed by atoms with Crippen LogP contribution in [-0.2, 0) is 0 Å². The van der Waals surface area contributed by atoms with E-state index in [1.54, 1.807) is 13.0 Å². The molecule has 0 atom stereocenters. The molecule has 0 aliphatic heterocycles. The zero-order chi connectivity index (χ0) is 9.84. The van der Waals surface area contributed by atoms with E-state index in [0.29, 0.717) is 5.56 Å². The van der Waals surface area contributed by atoms with Gasteiger partial charge >= 0.3 is 0 Å². The molecule has 0 heterocycles. The van der Waals surface area contributed by atoms with Crippen molar-refractivity contribution < 1.29 is 4.79 Å². The van der Waals surface area contributed by atoms with Gasteiger partial charge in [-0.05, 0) is 25.5 Å². The molecule has 0 aromatic heterocycles. The number of nitrogens with zero attached hydrogens (tertiary/aromatic N) is 1. The minimum Gasteiger partial charge on any atom is -0.387 e. The predicted octanol–water partition coefficient (Wildman–Crippen LogP) is 1.51. The Kier molecular flexibility index (Phi) is 2.80. The van der Waals surface area contributed by atoms with Crippen LogP contribution in [-0.4, -0.2) is 11.7 Å². The molecular weight excluding hydrogens is 164 g/mol. The number of hydrogen-bond donors (Lipinski definition) is 1. The Balaban J connectivity index is 3.03. The zero-order valence-electron chi connectivity index (χ0n) is 7.74. The Hall–Kier alpha value is -1.64. The lowest BCUT2D eigenvalue weighted by molar-refractivity contribution is 0.100. The lowest BCUT2D eigenvalue weighted by atomic mass is 10.1. The maximum absolute atomic E-state index is 11.4. The van der Waals surface area contributed by atoms with Crippen molar-refractivity contribution >= 4 is 11.7 Å². The first-order valence-corrected chi connectivity index (χ1v) is 4.02. The van der Waals surface area contributed by atoms with Crippen LogP contribution in [0.15, 0.2) is 29.3 Å². The molecule has 13 heavy (non-hydrogen) atoms. The fraction of sp³-hybridized carbons (Fsp3) is 0.200. The topological polar surface area (TPSA) is 55.4 Å². The molecule has 1 rings (SSSR count). The van der Waals surface area contributed by atoms with E-state index in [2.05, 4.69) is 4.99 Å². The number of benzene rings is 1. The van der Waals surface area contributed by atoms with Gasteiger partial charge in [0.15, 0.2) is 0 Å². The Bertz CT molecular complexity index is 352. The van der Waals surface area contributed by atoms with Crippen molar-refractivity contribution in [2.24, 2.45) is 10.7 Å². The SMILES string of the molecule is CC(N)=NC(=O)c1ccccc1C. The van der Waals surface area contributed by atoms with Gasteiger partial charge in [-0.2, -0.15) is 4.99 Å². The first-order chi connectivity index (χ1) is 6.11. The fourth-order valence-corrected chi connectivity index (χ4v) is 1.03. The van der Waals surface area contributed by atoms with Crippen molar-refractivity contribution in [1.82, 2.24) is 0 Å². The number of aryl methyl sites for hydroxylation is 1. The highest BCUT2D eigenvalue weighted by Gasteiger charge is 2.05. The minimum absolute atomic E-state index is 0.280. The van der Waals surface area contributed by atoms with Crippen molar-refractivity contribution in [3.8, 4) is 0 Å². The highest BCUT2D eigenvalue weighted by atomic mass is 16.1. The molecule has 68 valence electrons. The van der Waals surface area contributed by atoms with E-state index in [-0.39, 0.29) is 11.7 Å². The number of rotatable bonds is 1. The average molecular weight is 176 g/mol. The molecule has 0 aliphatic carbocycles. The second kappa shape index (κ2) is 3.85. The van der Waals surface area contributed by atoms with Gasteiger partial charge in [0.1, 0.15) is 5.84 Å².